The van der Waals surface area contributed by atoms with E-state index in [0.717, 1.165) is 0 Å². The highest BCUT2D eigenvalue weighted by Crippen LogP contribution is 2.43. The third kappa shape index (κ3) is 3.44. The molecule has 1 unspecified atom stereocenters. The Kier molecular flexibility index (Phi) is 5.51. The van der Waals surface area contributed by atoms with Gasteiger partial charge in [-0.05, 0) is 49.2 Å². The Bertz CT molecular complexity index is 906. The molecule has 1 amide bonds. The van der Waals surface area contributed by atoms with Crippen molar-refractivity contribution in [3.63, 3.8) is 0 Å². The number of amides is 1. The van der Waals surface area contributed by atoms with E-state index in [2.05, 4.69) is 0 Å². The lowest BCUT2D eigenvalue weighted by Crippen LogP contribution is -2.38. The van der Waals surface area contributed by atoms with Gasteiger partial charge in [-0.15, -0.1) is 0 Å². The van der Waals surface area contributed by atoms with Crippen molar-refractivity contribution in [2.45, 2.75) is 20.3 Å². The first-order valence-corrected chi connectivity index (χ1v) is 9.09. The zero-order valence-electron chi connectivity index (χ0n) is 15.4. The second-order valence-corrected chi connectivity index (χ2v) is 6.86. The second kappa shape index (κ2) is 7.69. The van der Waals surface area contributed by atoms with Crippen molar-refractivity contribution in [3.05, 3.63) is 64.2 Å². The van der Waals surface area contributed by atoms with E-state index in [1.165, 1.54) is 30.2 Å². The fourth-order valence-corrected chi connectivity index (χ4v) is 3.68. The molecule has 0 radical (unpaired) electrons. The molecule has 3 nitrogen and oxygen atoms in total. The van der Waals surface area contributed by atoms with Crippen LogP contribution < -0.4 is 4.74 Å². The van der Waals surface area contributed by atoms with Gasteiger partial charge in [0.25, 0.3) is 0 Å². The smallest absolute Gasteiger partial charge is 0.230 e. The number of hydrogen-bond donors (Lipinski definition) is 0. The first-order chi connectivity index (χ1) is 12.9. The largest absolute Gasteiger partial charge is 0.497 e. The maximum Gasteiger partial charge on any atom is 0.230 e. The van der Waals surface area contributed by atoms with Crippen molar-refractivity contribution in [2.75, 3.05) is 13.7 Å². The fourth-order valence-electron chi connectivity index (χ4n) is 3.45. The summed E-state index contributed by atoms with van der Waals surface area (Å²) in [5.74, 6) is -1.37. The molecule has 1 aliphatic rings. The van der Waals surface area contributed by atoms with E-state index in [1.807, 2.05) is 0 Å². The first-order valence-electron chi connectivity index (χ1n) is 8.71. The molecule has 1 heterocycles. The third-order valence-corrected chi connectivity index (χ3v) is 5.10. The molecule has 2 aromatic carbocycles. The van der Waals surface area contributed by atoms with Crippen molar-refractivity contribution in [2.24, 2.45) is 5.92 Å². The van der Waals surface area contributed by atoms with E-state index in [-0.39, 0.29) is 29.6 Å². The Hall–Kier alpha value is -2.40. The molecule has 3 rings (SSSR count). The van der Waals surface area contributed by atoms with Gasteiger partial charge in [-0.3, -0.25) is 4.79 Å². The monoisotopic (exact) mass is 391 g/mol. The van der Waals surface area contributed by atoms with Crippen molar-refractivity contribution >= 4 is 28.8 Å². The number of nitrogens with zero attached hydrogens (tertiary/aromatic N) is 1. The Morgan fingerprint density at radius 2 is 1.89 bits per heavy atom. The van der Waals surface area contributed by atoms with Crippen LogP contribution in [-0.4, -0.2) is 24.5 Å². The molecular weight excluding hydrogens is 372 g/mol. The lowest BCUT2D eigenvalue weighted by Gasteiger charge is -2.35. The van der Waals surface area contributed by atoms with Gasteiger partial charge in [-0.1, -0.05) is 24.6 Å². The van der Waals surface area contributed by atoms with Crippen molar-refractivity contribution < 1.29 is 18.3 Å². The zero-order valence-corrected chi connectivity index (χ0v) is 16.1. The van der Waals surface area contributed by atoms with E-state index in [1.54, 1.807) is 32.0 Å². The number of methoxy groups -OCH3 is 1. The lowest BCUT2D eigenvalue weighted by atomic mass is 9.86. The van der Waals surface area contributed by atoms with Crippen LogP contribution in [0.4, 0.5) is 8.78 Å². The van der Waals surface area contributed by atoms with Gasteiger partial charge in [0.05, 0.1) is 18.4 Å². The molecule has 0 aromatic heterocycles. The molecule has 0 saturated heterocycles. The summed E-state index contributed by atoms with van der Waals surface area (Å²) >= 11 is 6.41. The van der Waals surface area contributed by atoms with Crippen LogP contribution >= 0.6 is 11.6 Å². The Labute approximate surface area is 162 Å². The zero-order chi connectivity index (χ0) is 19.7. The molecule has 142 valence electrons. The quantitative estimate of drug-likeness (QED) is 0.700. The van der Waals surface area contributed by atoms with Crippen LogP contribution in [0.3, 0.4) is 0 Å². The average Bonchev–Trinajstić information content (AvgIpc) is 2.65. The van der Waals surface area contributed by atoms with Crippen molar-refractivity contribution in [3.8, 4) is 5.75 Å². The van der Waals surface area contributed by atoms with Crippen LogP contribution in [0.15, 0.2) is 36.4 Å². The van der Waals surface area contributed by atoms with Crippen LogP contribution in [-0.2, 0) is 4.79 Å². The maximum absolute atomic E-state index is 14.6. The number of benzene rings is 2. The van der Waals surface area contributed by atoms with Crippen LogP contribution in [0.25, 0.3) is 11.3 Å². The van der Waals surface area contributed by atoms with E-state index >= 15 is 0 Å². The molecule has 2 aromatic rings. The predicted molar refractivity (Wildman–Crippen MR) is 102 cm³/mol. The lowest BCUT2D eigenvalue weighted by molar-refractivity contribution is -0.131. The number of ether oxygens (including phenoxy) is 1. The molecule has 0 N–H and O–H groups in total. The highest BCUT2D eigenvalue weighted by Gasteiger charge is 2.35. The maximum atomic E-state index is 14.6. The normalized spacial score (nSPS) is 17.5. The number of carbonyl (C=O) groups is 1. The predicted octanol–water partition coefficient (Wildman–Crippen LogP) is 5.38. The van der Waals surface area contributed by atoms with Gasteiger partial charge in [0.2, 0.25) is 5.91 Å². The second-order valence-electron chi connectivity index (χ2n) is 6.46. The topological polar surface area (TPSA) is 29.5 Å². The van der Waals surface area contributed by atoms with Crippen LogP contribution in [0.5, 0.6) is 5.75 Å². The number of allylic oxidation sites excluding steroid dienone is 1. The van der Waals surface area contributed by atoms with Crippen molar-refractivity contribution in [1.29, 1.82) is 0 Å². The van der Waals surface area contributed by atoms with Crippen molar-refractivity contribution in [1.82, 2.24) is 4.90 Å². The summed E-state index contributed by atoms with van der Waals surface area (Å²) in [4.78, 5) is 14.2. The molecule has 0 bridgehead atoms. The first kappa shape index (κ1) is 19.4. The van der Waals surface area contributed by atoms with Gasteiger partial charge < -0.3 is 9.64 Å². The van der Waals surface area contributed by atoms with Gasteiger partial charge in [-0.2, -0.15) is 0 Å². The Morgan fingerprint density at radius 1 is 1.22 bits per heavy atom. The minimum atomic E-state index is -0.720. The summed E-state index contributed by atoms with van der Waals surface area (Å²) in [6.07, 6.45) is 0.325. The molecule has 0 aliphatic carbocycles. The number of rotatable bonds is 4. The number of halogens is 3. The highest BCUT2D eigenvalue weighted by atomic mass is 35.5. The summed E-state index contributed by atoms with van der Waals surface area (Å²) in [6.45, 7) is 3.87. The van der Waals surface area contributed by atoms with Gasteiger partial charge in [0.1, 0.15) is 17.4 Å². The van der Waals surface area contributed by atoms with Crippen LogP contribution in [0.1, 0.15) is 31.4 Å². The van der Waals surface area contributed by atoms with Crippen LogP contribution in [0, 0.1) is 17.6 Å². The van der Waals surface area contributed by atoms with Gasteiger partial charge >= 0.3 is 0 Å². The van der Waals surface area contributed by atoms with E-state index in [4.69, 9.17) is 16.3 Å². The SMILES string of the molecule is CCN1C(=O)C(C)CC(c2cc(OC)ccc2Cl)=C1c1c(F)cccc1F. The Balaban J connectivity index is 2.38. The molecule has 27 heavy (non-hydrogen) atoms. The van der Waals surface area contributed by atoms with Gasteiger partial charge in [0.15, 0.2) is 0 Å². The van der Waals surface area contributed by atoms with Gasteiger partial charge in [0, 0.05) is 23.0 Å². The summed E-state index contributed by atoms with van der Waals surface area (Å²) < 4.78 is 34.5. The molecule has 0 saturated carbocycles. The van der Waals surface area contributed by atoms with E-state index in [9.17, 15) is 13.6 Å². The minimum Gasteiger partial charge on any atom is -0.497 e. The molecule has 1 atom stereocenters. The molecule has 0 spiro atoms. The standard InChI is InChI=1S/C21H20ClF2NO2/c1-4-25-20(19-17(23)6-5-7-18(19)24)15(10-12(2)21(25)26)14-11-13(27-3)8-9-16(14)22/h5-9,11-12H,4,10H2,1-3H3. The number of carbonyl (C=O) groups excluding carboxylic acids is 1. The van der Waals surface area contributed by atoms with E-state index in [0.29, 0.717) is 28.3 Å². The molecule has 6 heteroatoms. The summed E-state index contributed by atoms with van der Waals surface area (Å²) in [5, 5.41) is 0.428. The minimum absolute atomic E-state index is 0.169. The van der Waals surface area contributed by atoms with Crippen LogP contribution in [0.2, 0.25) is 5.02 Å². The summed E-state index contributed by atoms with van der Waals surface area (Å²) in [6, 6.07) is 8.79. The van der Waals surface area contributed by atoms with Gasteiger partial charge in [-0.25, -0.2) is 8.78 Å². The number of hydrogen-bond acceptors (Lipinski definition) is 2. The molecular formula is C21H20ClF2NO2. The third-order valence-electron chi connectivity index (χ3n) is 4.77. The van der Waals surface area contributed by atoms with E-state index < -0.39 is 11.6 Å². The average molecular weight is 392 g/mol. The highest BCUT2D eigenvalue weighted by molar-refractivity contribution is 6.32. The fraction of sp³-hybridized carbons (Fsp3) is 0.286. The summed E-state index contributed by atoms with van der Waals surface area (Å²) in [5.41, 5.74) is 1.24. The molecule has 0 fully saturated rings. The molecule has 1 aliphatic heterocycles. The summed E-state index contributed by atoms with van der Waals surface area (Å²) in [7, 11) is 1.53. The Morgan fingerprint density at radius 3 is 2.48 bits per heavy atom.